The van der Waals surface area contributed by atoms with Crippen LogP contribution >= 0.6 is 0 Å². The average Bonchev–Trinajstić information content (AvgIpc) is 2.95. The summed E-state index contributed by atoms with van der Waals surface area (Å²) in [5.41, 5.74) is 4.37. The van der Waals surface area contributed by atoms with E-state index >= 15 is 0 Å². The van der Waals surface area contributed by atoms with E-state index in [0.29, 0.717) is 5.92 Å². The van der Waals surface area contributed by atoms with Crippen LogP contribution in [0.25, 0.3) is 11.5 Å². The van der Waals surface area contributed by atoms with Crippen LogP contribution in [0.3, 0.4) is 0 Å². The number of fused-ring (bicyclic) bond motifs is 1. The first kappa shape index (κ1) is 11.3. The maximum Gasteiger partial charge on any atom is 0.180 e. The molecule has 5 nitrogen and oxygen atoms in total. The molecule has 0 saturated heterocycles. The van der Waals surface area contributed by atoms with Crippen molar-refractivity contribution in [2.45, 2.75) is 32.9 Å². The number of aromatic nitrogens is 4. The van der Waals surface area contributed by atoms with Crippen LogP contribution in [0.1, 0.15) is 36.7 Å². The summed E-state index contributed by atoms with van der Waals surface area (Å²) in [4.78, 5) is 9.33. The lowest BCUT2D eigenvalue weighted by Gasteiger charge is -2.11. The van der Waals surface area contributed by atoms with Crippen molar-refractivity contribution < 1.29 is 0 Å². The van der Waals surface area contributed by atoms with E-state index in [0.717, 1.165) is 36.0 Å². The third kappa shape index (κ3) is 1.80. The smallest absolute Gasteiger partial charge is 0.180 e. The van der Waals surface area contributed by atoms with Gasteiger partial charge in [0.05, 0.1) is 11.4 Å². The number of nitrogens with zero attached hydrogens (tertiary/aromatic N) is 4. The fourth-order valence-electron chi connectivity index (χ4n) is 2.32. The number of rotatable bonds is 2. The molecular weight excluding hydrogens is 226 g/mol. The van der Waals surface area contributed by atoms with Gasteiger partial charge in [0.15, 0.2) is 5.82 Å². The number of hydrogen-bond acceptors (Lipinski definition) is 4. The van der Waals surface area contributed by atoms with Crippen molar-refractivity contribution in [3.05, 3.63) is 29.2 Å². The highest BCUT2D eigenvalue weighted by Crippen LogP contribution is 2.26. The van der Waals surface area contributed by atoms with Gasteiger partial charge in [-0.1, -0.05) is 13.8 Å². The van der Waals surface area contributed by atoms with E-state index in [1.54, 1.807) is 4.68 Å². The van der Waals surface area contributed by atoms with Gasteiger partial charge in [-0.15, -0.1) is 0 Å². The molecular formula is C13H17N5. The highest BCUT2D eigenvalue weighted by molar-refractivity contribution is 5.50. The molecule has 0 bridgehead atoms. The third-order valence-corrected chi connectivity index (χ3v) is 3.21. The first-order valence-corrected chi connectivity index (χ1v) is 6.25. The number of nitrogens with one attached hydrogen (secondary N) is 1. The monoisotopic (exact) mass is 243 g/mol. The molecule has 3 rings (SSSR count). The second-order valence-electron chi connectivity index (χ2n) is 4.99. The van der Waals surface area contributed by atoms with Crippen LogP contribution < -0.4 is 5.32 Å². The Kier molecular flexibility index (Phi) is 2.63. The zero-order valence-corrected chi connectivity index (χ0v) is 10.9. The Morgan fingerprint density at radius 3 is 2.78 bits per heavy atom. The maximum atomic E-state index is 4.70. The van der Waals surface area contributed by atoms with E-state index in [-0.39, 0.29) is 0 Å². The summed E-state index contributed by atoms with van der Waals surface area (Å²) in [6, 6.07) is 1.95. The SMILES string of the molecule is CC(C)c1nc(-c2ccn(C)n2)nc2c1CNC2. The maximum absolute atomic E-state index is 4.70. The van der Waals surface area contributed by atoms with Crippen LogP contribution in [0, 0.1) is 0 Å². The van der Waals surface area contributed by atoms with Crippen LogP contribution in [0.4, 0.5) is 0 Å². The lowest BCUT2D eigenvalue weighted by molar-refractivity contribution is 0.746. The van der Waals surface area contributed by atoms with Gasteiger partial charge in [0.25, 0.3) is 0 Å². The minimum Gasteiger partial charge on any atom is -0.307 e. The number of hydrogen-bond donors (Lipinski definition) is 1. The minimum atomic E-state index is 0.407. The molecule has 18 heavy (non-hydrogen) atoms. The first-order valence-electron chi connectivity index (χ1n) is 6.25. The summed E-state index contributed by atoms with van der Waals surface area (Å²) in [6.07, 6.45) is 1.92. The van der Waals surface area contributed by atoms with Gasteiger partial charge in [0, 0.05) is 31.9 Å². The molecule has 0 unspecified atom stereocenters. The van der Waals surface area contributed by atoms with E-state index in [2.05, 4.69) is 29.2 Å². The molecule has 3 heterocycles. The molecule has 2 aromatic heterocycles. The molecule has 0 amide bonds. The van der Waals surface area contributed by atoms with Gasteiger partial charge in [-0.05, 0) is 12.0 Å². The molecule has 94 valence electrons. The molecule has 0 aromatic carbocycles. The average molecular weight is 243 g/mol. The largest absolute Gasteiger partial charge is 0.307 e. The van der Waals surface area contributed by atoms with Crippen LogP contribution in [0.15, 0.2) is 12.3 Å². The number of aryl methyl sites for hydroxylation is 1. The highest BCUT2D eigenvalue weighted by atomic mass is 15.3. The van der Waals surface area contributed by atoms with Crippen molar-refractivity contribution in [1.29, 1.82) is 0 Å². The van der Waals surface area contributed by atoms with Crippen LogP contribution in [-0.2, 0) is 20.1 Å². The van der Waals surface area contributed by atoms with Gasteiger partial charge < -0.3 is 5.32 Å². The summed E-state index contributed by atoms with van der Waals surface area (Å²) < 4.78 is 1.78. The molecule has 0 atom stereocenters. The molecule has 2 aromatic rings. The van der Waals surface area contributed by atoms with Gasteiger partial charge >= 0.3 is 0 Å². The Balaban J connectivity index is 2.14. The van der Waals surface area contributed by atoms with Gasteiger partial charge in [-0.2, -0.15) is 5.10 Å². The van der Waals surface area contributed by atoms with Crippen molar-refractivity contribution >= 4 is 0 Å². The van der Waals surface area contributed by atoms with E-state index in [9.17, 15) is 0 Å². The fraction of sp³-hybridized carbons (Fsp3) is 0.462. The van der Waals surface area contributed by atoms with E-state index in [4.69, 9.17) is 4.98 Å². The fourth-order valence-corrected chi connectivity index (χ4v) is 2.32. The summed E-state index contributed by atoms with van der Waals surface area (Å²) in [5.74, 6) is 1.14. The summed E-state index contributed by atoms with van der Waals surface area (Å²) in [7, 11) is 1.90. The van der Waals surface area contributed by atoms with Gasteiger partial charge in [-0.25, -0.2) is 9.97 Å². The second kappa shape index (κ2) is 4.17. The standard InChI is InChI=1S/C13H17N5/c1-8(2)12-9-6-14-7-11(9)15-13(16-12)10-4-5-18(3)17-10/h4-5,8,14H,6-7H2,1-3H3. The molecule has 5 heteroatoms. The van der Waals surface area contributed by atoms with Crippen LogP contribution in [0.5, 0.6) is 0 Å². The molecule has 1 N–H and O–H groups in total. The van der Waals surface area contributed by atoms with Crippen LogP contribution in [0.2, 0.25) is 0 Å². The normalized spacial score (nSPS) is 14.2. The zero-order valence-electron chi connectivity index (χ0n) is 10.9. The summed E-state index contributed by atoms with van der Waals surface area (Å²) >= 11 is 0. The lowest BCUT2D eigenvalue weighted by atomic mass is 10.0. The zero-order chi connectivity index (χ0) is 12.7. The molecule has 0 radical (unpaired) electrons. The highest BCUT2D eigenvalue weighted by Gasteiger charge is 2.21. The third-order valence-electron chi connectivity index (χ3n) is 3.21. The molecule has 0 saturated carbocycles. The summed E-state index contributed by atoms with van der Waals surface area (Å²) in [5, 5.41) is 7.72. The van der Waals surface area contributed by atoms with Gasteiger partial charge in [0.1, 0.15) is 5.69 Å². The van der Waals surface area contributed by atoms with E-state index in [1.807, 2.05) is 19.3 Å². The Hall–Kier alpha value is -1.75. The van der Waals surface area contributed by atoms with E-state index in [1.165, 1.54) is 5.56 Å². The predicted molar refractivity (Wildman–Crippen MR) is 68.9 cm³/mol. The molecule has 0 fully saturated rings. The molecule has 0 aliphatic carbocycles. The second-order valence-corrected chi connectivity index (χ2v) is 4.99. The Labute approximate surface area is 106 Å². The quantitative estimate of drug-likeness (QED) is 0.870. The molecule has 1 aliphatic rings. The Morgan fingerprint density at radius 2 is 2.11 bits per heavy atom. The van der Waals surface area contributed by atoms with Crippen molar-refractivity contribution in [2.24, 2.45) is 7.05 Å². The predicted octanol–water partition coefficient (Wildman–Crippen LogP) is 1.60. The topological polar surface area (TPSA) is 55.6 Å². The van der Waals surface area contributed by atoms with Crippen molar-refractivity contribution in [3.63, 3.8) is 0 Å². The summed E-state index contributed by atoms with van der Waals surface area (Å²) in [6.45, 7) is 6.05. The van der Waals surface area contributed by atoms with Gasteiger partial charge in [0.2, 0.25) is 0 Å². The van der Waals surface area contributed by atoms with Crippen molar-refractivity contribution in [3.8, 4) is 11.5 Å². The molecule has 1 aliphatic heterocycles. The van der Waals surface area contributed by atoms with Crippen molar-refractivity contribution in [1.82, 2.24) is 25.1 Å². The molecule has 0 spiro atoms. The Morgan fingerprint density at radius 1 is 1.28 bits per heavy atom. The van der Waals surface area contributed by atoms with E-state index < -0.39 is 0 Å². The minimum absolute atomic E-state index is 0.407. The first-order chi connectivity index (χ1) is 8.65. The van der Waals surface area contributed by atoms with Crippen molar-refractivity contribution in [2.75, 3.05) is 0 Å². The lowest BCUT2D eigenvalue weighted by Crippen LogP contribution is -2.05. The van der Waals surface area contributed by atoms with Crippen LogP contribution in [-0.4, -0.2) is 19.7 Å². The Bertz CT molecular complexity index is 585. The van der Waals surface area contributed by atoms with Gasteiger partial charge in [-0.3, -0.25) is 4.68 Å².